The van der Waals surface area contributed by atoms with Gasteiger partial charge in [-0.25, -0.2) is 5.43 Å². The van der Waals surface area contributed by atoms with Crippen LogP contribution >= 0.6 is 11.8 Å². The molecule has 0 aliphatic heterocycles. The largest absolute Gasteiger partial charge is 0.321 e. The summed E-state index contributed by atoms with van der Waals surface area (Å²) in [6, 6.07) is 18.9. The molecule has 2 aromatic carbocycles. The first-order chi connectivity index (χ1) is 10.9. The van der Waals surface area contributed by atoms with Gasteiger partial charge in [-0.3, -0.25) is 0 Å². The number of para-hydroxylation sites is 1. The van der Waals surface area contributed by atoms with Gasteiger partial charge in [-0.05, 0) is 35.9 Å². The Labute approximate surface area is 138 Å². The van der Waals surface area contributed by atoms with Crippen molar-refractivity contribution in [2.45, 2.75) is 44.0 Å². The van der Waals surface area contributed by atoms with Gasteiger partial charge in [0, 0.05) is 17.1 Å². The van der Waals surface area contributed by atoms with Crippen LogP contribution in [0, 0.1) is 0 Å². The zero-order valence-corrected chi connectivity index (χ0v) is 14.2. The van der Waals surface area contributed by atoms with Crippen LogP contribution in [0.4, 0.5) is 5.69 Å². The Hall–Kier alpha value is -1.45. The van der Waals surface area contributed by atoms with Gasteiger partial charge in [0.15, 0.2) is 0 Å². The predicted molar refractivity (Wildman–Crippen MR) is 98.2 cm³/mol. The van der Waals surface area contributed by atoms with Gasteiger partial charge >= 0.3 is 0 Å². The molecule has 0 atom stereocenters. The van der Waals surface area contributed by atoms with Crippen LogP contribution in [0.5, 0.6) is 0 Å². The van der Waals surface area contributed by atoms with Gasteiger partial charge in [0.05, 0.1) is 0 Å². The predicted octanol–water partition coefficient (Wildman–Crippen LogP) is 5.48. The minimum Gasteiger partial charge on any atom is -0.321 e. The lowest BCUT2D eigenvalue weighted by Gasteiger charge is -2.12. The molecule has 0 radical (unpaired) electrons. The third kappa shape index (κ3) is 6.12. The van der Waals surface area contributed by atoms with Crippen LogP contribution in [-0.4, -0.2) is 5.75 Å². The maximum absolute atomic E-state index is 3.31. The molecule has 2 nitrogen and oxygen atoms in total. The second kappa shape index (κ2) is 10.3. The lowest BCUT2D eigenvalue weighted by atomic mass is 10.2. The van der Waals surface area contributed by atoms with Crippen molar-refractivity contribution in [3.8, 4) is 0 Å². The van der Waals surface area contributed by atoms with Crippen molar-refractivity contribution >= 4 is 17.4 Å². The number of anilines is 1. The highest BCUT2D eigenvalue weighted by Gasteiger charge is 2.02. The van der Waals surface area contributed by atoms with Crippen molar-refractivity contribution < 1.29 is 0 Å². The normalized spacial score (nSPS) is 10.6. The van der Waals surface area contributed by atoms with Crippen molar-refractivity contribution in [2.75, 3.05) is 11.2 Å². The summed E-state index contributed by atoms with van der Waals surface area (Å²) in [4.78, 5) is 1.39. The zero-order chi connectivity index (χ0) is 15.5. The maximum Gasteiger partial charge on any atom is 0.0487 e. The SMILES string of the molecule is CCCCCCSc1ccccc1CNNc1ccccc1. The Balaban J connectivity index is 1.78. The Bertz CT molecular complexity index is 528. The van der Waals surface area contributed by atoms with Crippen LogP contribution < -0.4 is 10.9 Å². The topological polar surface area (TPSA) is 24.1 Å². The molecule has 2 N–H and O–H groups in total. The number of hydrazine groups is 1. The molecule has 0 saturated heterocycles. The van der Waals surface area contributed by atoms with E-state index in [1.165, 1.54) is 41.9 Å². The van der Waals surface area contributed by atoms with Crippen molar-refractivity contribution in [1.82, 2.24) is 5.43 Å². The standard InChI is InChI=1S/C19H26N2S/c1-2-3-4-10-15-22-19-14-9-8-11-17(19)16-20-21-18-12-6-5-7-13-18/h5-9,11-14,20-21H,2-4,10,15-16H2,1H3. The average Bonchev–Trinajstić information content (AvgIpc) is 2.57. The highest BCUT2D eigenvalue weighted by Crippen LogP contribution is 2.24. The molecule has 0 spiro atoms. The summed E-state index contributed by atoms with van der Waals surface area (Å²) < 4.78 is 0. The second-order valence-corrected chi connectivity index (χ2v) is 6.50. The summed E-state index contributed by atoms with van der Waals surface area (Å²) >= 11 is 1.98. The quantitative estimate of drug-likeness (QED) is 0.345. The second-order valence-electron chi connectivity index (χ2n) is 5.36. The van der Waals surface area contributed by atoms with Crippen molar-refractivity contribution in [2.24, 2.45) is 0 Å². The first kappa shape index (κ1) is 16.9. The first-order valence-corrected chi connectivity index (χ1v) is 9.13. The minimum absolute atomic E-state index is 0.826. The molecule has 0 unspecified atom stereocenters. The number of hydrogen-bond acceptors (Lipinski definition) is 3. The third-order valence-corrected chi connectivity index (χ3v) is 4.72. The van der Waals surface area contributed by atoms with Crippen molar-refractivity contribution in [3.05, 3.63) is 60.2 Å². The number of rotatable bonds is 10. The molecule has 0 aliphatic rings. The van der Waals surface area contributed by atoms with Crippen molar-refractivity contribution in [1.29, 1.82) is 0 Å². The summed E-state index contributed by atoms with van der Waals surface area (Å²) in [5.41, 5.74) is 8.99. The third-order valence-electron chi connectivity index (χ3n) is 3.51. The highest BCUT2D eigenvalue weighted by atomic mass is 32.2. The van der Waals surface area contributed by atoms with Crippen LogP contribution in [0.25, 0.3) is 0 Å². The maximum atomic E-state index is 3.31. The molecule has 0 bridgehead atoms. The molecule has 2 aromatic rings. The van der Waals surface area contributed by atoms with Crippen LogP contribution in [0.2, 0.25) is 0 Å². The van der Waals surface area contributed by atoms with Gasteiger partial charge in [0.2, 0.25) is 0 Å². The average molecular weight is 314 g/mol. The lowest BCUT2D eigenvalue weighted by molar-refractivity contribution is 0.706. The Kier molecular flexibility index (Phi) is 7.92. The number of thioether (sulfide) groups is 1. The number of unbranched alkanes of at least 4 members (excludes halogenated alkanes) is 3. The van der Waals surface area contributed by atoms with Gasteiger partial charge < -0.3 is 5.43 Å². The van der Waals surface area contributed by atoms with E-state index in [0.717, 1.165) is 12.2 Å². The number of nitrogens with one attached hydrogen (secondary N) is 2. The van der Waals surface area contributed by atoms with E-state index in [0.29, 0.717) is 0 Å². The molecule has 0 amide bonds. The summed E-state index contributed by atoms with van der Waals surface area (Å²) in [6.45, 7) is 3.08. The van der Waals surface area contributed by atoms with E-state index < -0.39 is 0 Å². The molecular weight excluding hydrogens is 288 g/mol. The fourth-order valence-corrected chi connectivity index (χ4v) is 3.33. The molecule has 0 aromatic heterocycles. The monoisotopic (exact) mass is 314 g/mol. The van der Waals surface area contributed by atoms with E-state index in [4.69, 9.17) is 0 Å². The van der Waals surface area contributed by atoms with Gasteiger partial charge in [-0.15, -0.1) is 11.8 Å². The highest BCUT2D eigenvalue weighted by molar-refractivity contribution is 7.99. The van der Waals surface area contributed by atoms with E-state index in [2.05, 4.69) is 54.2 Å². The van der Waals surface area contributed by atoms with E-state index in [9.17, 15) is 0 Å². The Morgan fingerprint density at radius 1 is 0.864 bits per heavy atom. The van der Waals surface area contributed by atoms with Crippen LogP contribution in [0.1, 0.15) is 38.2 Å². The fraction of sp³-hybridized carbons (Fsp3) is 0.368. The molecule has 0 fully saturated rings. The molecule has 0 heterocycles. The Morgan fingerprint density at radius 2 is 1.64 bits per heavy atom. The van der Waals surface area contributed by atoms with Gasteiger partial charge in [0.25, 0.3) is 0 Å². The zero-order valence-electron chi connectivity index (χ0n) is 13.3. The Morgan fingerprint density at radius 3 is 2.45 bits per heavy atom. The van der Waals surface area contributed by atoms with Gasteiger partial charge in [-0.1, -0.05) is 62.6 Å². The van der Waals surface area contributed by atoms with E-state index >= 15 is 0 Å². The van der Waals surface area contributed by atoms with Gasteiger partial charge in [0.1, 0.15) is 0 Å². The summed E-state index contributed by atoms with van der Waals surface area (Å²) in [6.07, 6.45) is 5.31. The van der Waals surface area contributed by atoms with Gasteiger partial charge in [-0.2, -0.15) is 0 Å². The molecule has 118 valence electrons. The van der Waals surface area contributed by atoms with E-state index in [-0.39, 0.29) is 0 Å². The van der Waals surface area contributed by atoms with Crippen molar-refractivity contribution in [3.63, 3.8) is 0 Å². The molecular formula is C19H26N2S. The molecule has 0 saturated carbocycles. The number of hydrogen-bond donors (Lipinski definition) is 2. The van der Waals surface area contributed by atoms with Crippen LogP contribution in [-0.2, 0) is 6.54 Å². The number of benzene rings is 2. The van der Waals surface area contributed by atoms with E-state index in [1.807, 2.05) is 30.0 Å². The minimum atomic E-state index is 0.826. The fourth-order valence-electron chi connectivity index (χ4n) is 2.26. The van der Waals surface area contributed by atoms with Crippen LogP contribution in [0.3, 0.4) is 0 Å². The smallest absolute Gasteiger partial charge is 0.0487 e. The summed E-state index contributed by atoms with van der Waals surface area (Å²) in [5, 5.41) is 0. The molecule has 3 heteroatoms. The molecule has 0 aliphatic carbocycles. The molecule has 2 rings (SSSR count). The molecule has 22 heavy (non-hydrogen) atoms. The lowest BCUT2D eigenvalue weighted by Crippen LogP contribution is -2.21. The van der Waals surface area contributed by atoms with Crippen LogP contribution in [0.15, 0.2) is 59.5 Å². The van der Waals surface area contributed by atoms with E-state index in [1.54, 1.807) is 0 Å². The first-order valence-electron chi connectivity index (χ1n) is 8.15. The summed E-state index contributed by atoms with van der Waals surface area (Å²) in [7, 11) is 0. The summed E-state index contributed by atoms with van der Waals surface area (Å²) in [5.74, 6) is 1.21.